The summed E-state index contributed by atoms with van der Waals surface area (Å²) in [4.78, 5) is 31.9. The number of rotatable bonds is 7. The number of nitrogens with zero attached hydrogens (tertiary/aromatic N) is 1. The summed E-state index contributed by atoms with van der Waals surface area (Å²) in [5.74, 6) is 1.35. The lowest BCUT2D eigenvalue weighted by atomic mass is 10.1. The fraction of sp³-hybridized carbons (Fsp3) is 0.353. The second-order valence-corrected chi connectivity index (χ2v) is 7.45. The number of halogens is 1. The summed E-state index contributed by atoms with van der Waals surface area (Å²) in [5.41, 5.74) is 1.12. The zero-order valence-electron chi connectivity index (χ0n) is 13.7. The van der Waals surface area contributed by atoms with Crippen molar-refractivity contribution in [3.63, 3.8) is 0 Å². The van der Waals surface area contributed by atoms with Gasteiger partial charge in [0, 0.05) is 39.3 Å². The van der Waals surface area contributed by atoms with Gasteiger partial charge in [0.2, 0.25) is 5.91 Å². The Hall–Kier alpha value is -1.60. The van der Waals surface area contributed by atoms with Crippen LogP contribution in [0.15, 0.2) is 38.4 Å². The fourth-order valence-corrected chi connectivity index (χ4v) is 3.30. The molecule has 0 bridgehead atoms. The van der Waals surface area contributed by atoms with Crippen molar-refractivity contribution in [2.45, 2.75) is 31.6 Å². The Balaban J connectivity index is 1.72. The molecule has 0 atom stereocenters. The monoisotopic (exact) mass is 409 g/mol. The van der Waals surface area contributed by atoms with Crippen molar-refractivity contribution >= 4 is 33.6 Å². The van der Waals surface area contributed by atoms with E-state index in [1.165, 1.54) is 4.90 Å². The number of benzene rings is 1. The van der Waals surface area contributed by atoms with Crippen LogP contribution in [-0.4, -0.2) is 28.2 Å². The smallest absolute Gasteiger partial charge is 0.254 e. The van der Waals surface area contributed by atoms with Crippen LogP contribution in [0.1, 0.15) is 23.5 Å². The Morgan fingerprint density at radius 3 is 2.67 bits per heavy atom. The van der Waals surface area contributed by atoms with Gasteiger partial charge in [-0.05, 0) is 44.5 Å². The first-order chi connectivity index (χ1) is 11.5. The van der Waals surface area contributed by atoms with Crippen molar-refractivity contribution in [3.8, 4) is 0 Å². The zero-order valence-corrected chi connectivity index (χ0v) is 16.1. The number of aromatic amines is 1. The number of aryl methyl sites for hydroxylation is 2. The Morgan fingerprint density at radius 1 is 1.29 bits per heavy atom. The summed E-state index contributed by atoms with van der Waals surface area (Å²) in [7, 11) is 0. The molecule has 1 amide bonds. The van der Waals surface area contributed by atoms with Crippen LogP contribution in [0.25, 0.3) is 0 Å². The molecule has 1 heterocycles. The first kappa shape index (κ1) is 18.7. The van der Waals surface area contributed by atoms with Gasteiger partial charge in [0.1, 0.15) is 5.82 Å². The Kier molecular flexibility index (Phi) is 7.05. The first-order valence-electron chi connectivity index (χ1n) is 7.67. The van der Waals surface area contributed by atoms with Crippen LogP contribution < -0.4 is 10.9 Å². The van der Waals surface area contributed by atoms with Gasteiger partial charge in [-0.3, -0.25) is 9.59 Å². The maximum absolute atomic E-state index is 11.9. The average molecular weight is 410 g/mol. The molecular weight excluding hydrogens is 390 g/mol. The molecule has 5 nitrogen and oxygen atoms in total. The Labute approximate surface area is 153 Å². The zero-order chi connectivity index (χ0) is 17.5. The van der Waals surface area contributed by atoms with Gasteiger partial charge in [-0.25, -0.2) is 4.98 Å². The van der Waals surface area contributed by atoms with Crippen LogP contribution in [0.4, 0.5) is 0 Å². The average Bonchev–Trinajstić information content (AvgIpc) is 2.52. The minimum Gasteiger partial charge on any atom is -0.355 e. The molecule has 0 saturated carbocycles. The molecule has 0 radical (unpaired) electrons. The van der Waals surface area contributed by atoms with Gasteiger partial charge in [0.05, 0.1) is 0 Å². The fourth-order valence-electron chi connectivity index (χ4n) is 2.26. The van der Waals surface area contributed by atoms with E-state index in [2.05, 4.69) is 31.2 Å². The van der Waals surface area contributed by atoms with Crippen molar-refractivity contribution in [2.75, 3.05) is 12.3 Å². The highest BCUT2D eigenvalue weighted by atomic mass is 79.9. The quantitative estimate of drug-likeness (QED) is 0.544. The molecule has 7 heteroatoms. The molecule has 0 saturated heterocycles. The van der Waals surface area contributed by atoms with Gasteiger partial charge < -0.3 is 10.3 Å². The minimum atomic E-state index is -0.154. The number of carbonyl (C=O) groups is 1. The van der Waals surface area contributed by atoms with E-state index in [9.17, 15) is 9.59 Å². The van der Waals surface area contributed by atoms with Crippen molar-refractivity contribution in [3.05, 3.63) is 56.2 Å². The number of amides is 1. The lowest BCUT2D eigenvalue weighted by Gasteiger charge is -2.07. The number of hydrogen-bond acceptors (Lipinski definition) is 4. The van der Waals surface area contributed by atoms with Crippen LogP contribution in [0.2, 0.25) is 0 Å². The molecule has 2 N–H and O–H groups in total. The van der Waals surface area contributed by atoms with Gasteiger partial charge >= 0.3 is 0 Å². The van der Waals surface area contributed by atoms with E-state index >= 15 is 0 Å². The van der Waals surface area contributed by atoms with Gasteiger partial charge in [0.15, 0.2) is 0 Å². The van der Waals surface area contributed by atoms with Crippen molar-refractivity contribution < 1.29 is 4.79 Å². The molecule has 0 fully saturated rings. The third kappa shape index (κ3) is 5.79. The number of carbonyl (C=O) groups excluding carboxylic acids is 1. The highest BCUT2D eigenvalue weighted by Crippen LogP contribution is 2.19. The third-order valence-electron chi connectivity index (χ3n) is 3.45. The van der Waals surface area contributed by atoms with Gasteiger partial charge in [-0.15, -0.1) is 11.8 Å². The van der Waals surface area contributed by atoms with Crippen LogP contribution >= 0.6 is 27.7 Å². The van der Waals surface area contributed by atoms with Crippen molar-refractivity contribution in [2.24, 2.45) is 0 Å². The summed E-state index contributed by atoms with van der Waals surface area (Å²) in [6, 6.07) is 8.07. The van der Waals surface area contributed by atoms with Crippen molar-refractivity contribution in [1.29, 1.82) is 0 Å². The highest BCUT2D eigenvalue weighted by molar-refractivity contribution is 9.10. The second-order valence-electron chi connectivity index (χ2n) is 5.37. The maximum Gasteiger partial charge on any atom is 0.254 e. The van der Waals surface area contributed by atoms with Crippen LogP contribution in [0, 0.1) is 13.8 Å². The molecular formula is C17H20BrN3O2S. The van der Waals surface area contributed by atoms with Gasteiger partial charge in [-0.2, -0.15) is 0 Å². The van der Waals surface area contributed by atoms with Crippen LogP contribution in [0.5, 0.6) is 0 Å². The molecule has 0 spiro atoms. The number of hydrogen-bond donors (Lipinski definition) is 2. The predicted molar refractivity (Wildman–Crippen MR) is 101 cm³/mol. The highest BCUT2D eigenvalue weighted by Gasteiger charge is 2.09. The summed E-state index contributed by atoms with van der Waals surface area (Å²) < 4.78 is 1.05. The maximum atomic E-state index is 11.9. The third-order valence-corrected chi connectivity index (χ3v) is 4.99. The van der Waals surface area contributed by atoms with Crippen LogP contribution in [0.3, 0.4) is 0 Å². The standard InChI is InChI=1S/C17H20BrN3O2S/c1-11-15(17(23)21-12(2)20-11)7-8-16(22)19-9-10-24-14-5-3-13(18)4-6-14/h3-6H,7-10H2,1-2H3,(H,19,22)(H,20,21,23). The molecule has 1 aromatic heterocycles. The van der Waals surface area contributed by atoms with E-state index in [4.69, 9.17) is 0 Å². The molecule has 128 valence electrons. The second kappa shape index (κ2) is 9.03. The SMILES string of the molecule is Cc1nc(C)c(CCC(=O)NCCSc2ccc(Br)cc2)c(=O)[nH]1. The number of thioether (sulfide) groups is 1. The topological polar surface area (TPSA) is 74.8 Å². The molecule has 1 aromatic carbocycles. The van der Waals surface area contributed by atoms with E-state index in [1.807, 2.05) is 24.3 Å². The Bertz CT molecular complexity index is 759. The first-order valence-corrected chi connectivity index (χ1v) is 9.45. The number of aromatic nitrogens is 2. The summed E-state index contributed by atoms with van der Waals surface area (Å²) in [6.45, 7) is 4.14. The van der Waals surface area contributed by atoms with Gasteiger partial charge in [-0.1, -0.05) is 15.9 Å². The summed E-state index contributed by atoms with van der Waals surface area (Å²) in [6.07, 6.45) is 0.692. The predicted octanol–water partition coefficient (Wildman–Crippen LogP) is 2.99. The number of H-pyrrole nitrogens is 1. The van der Waals surface area contributed by atoms with E-state index in [0.29, 0.717) is 30.0 Å². The summed E-state index contributed by atoms with van der Waals surface area (Å²) in [5, 5.41) is 2.88. The molecule has 0 aliphatic carbocycles. The van der Waals surface area contributed by atoms with Gasteiger partial charge in [0.25, 0.3) is 5.56 Å². The summed E-state index contributed by atoms with van der Waals surface area (Å²) >= 11 is 5.09. The molecule has 0 aliphatic rings. The molecule has 0 unspecified atom stereocenters. The van der Waals surface area contributed by atoms with E-state index in [1.54, 1.807) is 25.6 Å². The molecule has 2 aromatic rings. The lowest BCUT2D eigenvalue weighted by molar-refractivity contribution is -0.120. The normalized spacial score (nSPS) is 10.6. The molecule has 24 heavy (non-hydrogen) atoms. The van der Waals surface area contributed by atoms with E-state index in [-0.39, 0.29) is 17.9 Å². The Morgan fingerprint density at radius 2 is 2.00 bits per heavy atom. The molecule has 2 rings (SSSR count). The van der Waals surface area contributed by atoms with Crippen LogP contribution in [-0.2, 0) is 11.2 Å². The van der Waals surface area contributed by atoms with E-state index < -0.39 is 0 Å². The number of nitrogens with one attached hydrogen (secondary N) is 2. The van der Waals surface area contributed by atoms with E-state index in [0.717, 1.165) is 10.2 Å². The molecule has 0 aliphatic heterocycles. The van der Waals surface area contributed by atoms with Crippen molar-refractivity contribution in [1.82, 2.24) is 15.3 Å². The largest absolute Gasteiger partial charge is 0.355 e. The minimum absolute atomic E-state index is 0.0502. The lowest BCUT2D eigenvalue weighted by Crippen LogP contribution is -2.27.